The fourth-order valence-corrected chi connectivity index (χ4v) is 3.23. The van der Waals surface area contributed by atoms with E-state index in [0.717, 1.165) is 0 Å². The van der Waals surface area contributed by atoms with E-state index in [-0.39, 0.29) is 22.6 Å². The standard InChI is InChI=1S/C17H12N8O4S/c26-15(16-23-14(24-29-16)13-10-18-8-9-19-13)22-11-2-4-12(5-3-11)30(27,28)25-17-20-6-1-7-21-17/h1-10H,(H,22,26)(H,20,21,25). The number of sulfonamides is 1. The van der Waals surface area contributed by atoms with E-state index in [1.54, 1.807) is 6.07 Å². The van der Waals surface area contributed by atoms with Crippen molar-refractivity contribution in [2.45, 2.75) is 4.90 Å². The van der Waals surface area contributed by atoms with Crippen LogP contribution in [0.15, 0.2) is 70.7 Å². The molecule has 0 radical (unpaired) electrons. The second-order valence-electron chi connectivity index (χ2n) is 5.67. The lowest BCUT2D eigenvalue weighted by Gasteiger charge is -2.07. The van der Waals surface area contributed by atoms with Crippen molar-refractivity contribution in [3.05, 3.63) is 67.2 Å². The molecule has 1 amide bonds. The Bertz CT molecular complexity index is 1260. The van der Waals surface area contributed by atoms with E-state index in [1.807, 2.05) is 0 Å². The maximum absolute atomic E-state index is 12.4. The van der Waals surface area contributed by atoms with E-state index in [0.29, 0.717) is 11.4 Å². The summed E-state index contributed by atoms with van der Waals surface area (Å²) in [6, 6.07) is 7.03. The van der Waals surface area contributed by atoms with E-state index in [2.05, 4.69) is 40.1 Å². The summed E-state index contributed by atoms with van der Waals surface area (Å²) in [5, 5.41) is 6.23. The maximum atomic E-state index is 12.4. The third kappa shape index (κ3) is 4.25. The van der Waals surface area contributed by atoms with Gasteiger partial charge in [0.05, 0.1) is 11.1 Å². The lowest BCUT2D eigenvalue weighted by molar-refractivity contribution is 0.0981. The first-order chi connectivity index (χ1) is 14.5. The number of carbonyl (C=O) groups is 1. The lowest BCUT2D eigenvalue weighted by Crippen LogP contribution is -2.15. The molecule has 0 saturated carbocycles. The van der Waals surface area contributed by atoms with Crippen molar-refractivity contribution in [1.29, 1.82) is 0 Å². The molecule has 0 aliphatic heterocycles. The van der Waals surface area contributed by atoms with Crippen LogP contribution in [0, 0.1) is 0 Å². The smallest absolute Gasteiger partial charge is 0.316 e. The van der Waals surface area contributed by atoms with E-state index >= 15 is 0 Å². The Kier molecular flexibility index (Phi) is 5.09. The molecule has 150 valence electrons. The SMILES string of the molecule is O=C(Nc1ccc(S(=O)(=O)Nc2ncccn2)cc1)c1nc(-c2cnccn2)no1. The molecule has 4 aromatic rings. The van der Waals surface area contributed by atoms with Gasteiger partial charge >= 0.3 is 11.8 Å². The summed E-state index contributed by atoms with van der Waals surface area (Å²) in [4.78, 5) is 31.8. The van der Waals surface area contributed by atoms with Crippen LogP contribution in [0.2, 0.25) is 0 Å². The van der Waals surface area contributed by atoms with Gasteiger partial charge < -0.3 is 9.84 Å². The third-order valence-corrected chi connectivity index (χ3v) is 4.97. The first kappa shape index (κ1) is 19.1. The van der Waals surface area contributed by atoms with Gasteiger partial charge in [-0.15, -0.1) is 0 Å². The van der Waals surface area contributed by atoms with Crippen molar-refractivity contribution in [3.63, 3.8) is 0 Å². The number of nitrogens with one attached hydrogen (secondary N) is 2. The molecule has 0 unspecified atom stereocenters. The van der Waals surface area contributed by atoms with Gasteiger partial charge in [-0.25, -0.2) is 28.1 Å². The Labute approximate surface area is 169 Å². The minimum Gasteiger partial charge on any atom is -0.328 e. The molecular weight excluding hydrogens is 412 g/mol. The van der Waals surface area contributed by atoms with Crippen LogP contribution in [0.4, 0.5) is 11.6 Å². The Balaban J connectivity index is 1.45. The summed E-state index contributed by atoms with van der Waals surface area (Å²) in [7, 11) is -3.88. The van der Waals surface area contributed by atoms with Gasteiger partial charge in [0.2, 0.25) is 11.8 Å². The van der Waals surface area contributed by atoms with Gasteiger partial charge in [-0.1, -0.05) is 5.16 Å². The molecule has 13 heteroatoms. The molecule has 3 aromatic heterocycles. The van der Waals surface area contributed by atoms with Gasteiger partial charge in [0.1, 0.15) is 5.69 Å². The van der Waals surface area contributed by atoms with Gasteiger partial charge in [0.25, 0.3) is 10.0 Å². The second-order valence-corrected chi connectivity index (χ2v) is 7.35. The molecule has 0 aliphatic carbocycles. The lowest BCUT2D eigenvalue weighted by atomic mass is 10.3. The van der Waals surface area contributed by atoms with E-state index in [4.69, 9.17) is 4.52 Å². The van der Waals surface area contributed by atoms with Crippen LogP contribution in [-0.2, 0) is 10.0 Å². The highest BCUT2D eigenvalue weighted by molar-refractivity contribution is 7.92. The molecule has 12 nitrogen and oxygen atoms in total. The summed E-state index contributed by atoms with van der Waals surface area (Å²) >= 11 is 0. The molecular formula is C17H12N8O4S. The Morgan fingerprint density at radius 1 is 0.967 bits per heavy atom. The predicted octanol–water partition coefficient (Wildman–Crippen LogP) is 1.37. The quantitative estimate of drug-likeness (QED) is 0.461. The highest BCUT2D eigenvalue weighted by Gasteiger charge is 2.18. The molecule has 0 aliphatic rings. The van der Waals surface area contributed by atoms with Crippen molar-refractivity contribution < 1.29 is 17.7 Å². The number of amides is 1. The molecule has 0 atom stereocenters. The van der Waals surface area contributed by atoms with Gasteiger partial charge in [-0.3, -0.25) is 9.78 Å². The number of hydrogen-bond acceptors (Lipinski definition) is 10. The zero-order chi connectivity index (χ0) is 21.0. The van der Waals surface area contributed by atoms with E-state index < -0.39 is 15.9 Å². The van der Waals surface area contributed by atoms with Gasteiger partial charge in [0, 0.05) is 30.5 Å². The van der Waals surface area contributed by atoms with Crippen LogP contribution in [0.3, 0.4) is 0 Å². The molecule has 3 heterocycles. The molecule has 1 aromatic carbocycles. The average molecular weight is 424 g/mol. The molecule has 0 saturated heterocycles. The van der Waals surface area contributed by atoms with Crippen molar-refractivity contribution in [3.8, 4) is 11.5 Å². The summed E-state index contributed by atoms with van der Waals surface area (Å²) in [5.41, 5.74) is 0.680. The van der Waals surface area contributed by atoms with Crippen molar-refractivity contribution in [2.24, 2.45) is 0 Å². The first-order valence-electron chi connectivity index (χ1n) is 8.33. The molecule has 30 heavy (non-hydrogen) atoms. The zero-order valence-electron chi connectivity index (χ0n) is 15.0. The average Bonchev–Trinajstić information content (AvgIpc) is 3.26. The highest BCUT2D eigenvalue weighted by atomic mass is 32.2. The Morgan fingerprint density at radius 3 is 2.43 bits per heavy atom. The fourth-order valence-electron chi connectivity index (χ4n) is 2.27. The number of nitrogens with zero attached hydrogens (tertiary/aromatic N) is 6. The molecule has 0 spiro atoms. The highest BCUT2D eigenvalue weighted by Crippen LogP contribution is 2.17. The van der Waals surface area contributed by atoms with Crippen LogP contribution in [-0.4, -0.2) is 44.4 Å². The third-order valence-electron chi connectivity index (χ3n) is 3.63. The molecule has 4 rings (SSSR count). The van der Waals surface area contributed by atoms with Crippen molar-refractivity contribution in [1.82, 2.24) is 30.1 Å². The second kappa shape index (κ2) is 8.00. The van der Waals surface area contributed by atoms with Crippen LogP contribution in [0.25, 0.3) is 11.5 Å². The normalized spacial score (nSPS) is 11.1. The molecule has 0 fully saturated rings. The molecule has 2 N–H and O–H groups in total. The van der Waals surface area contributed by atoms with Gasteiger partial charge in [0.15, 0.2) is 0 Å². The summed E-state index contributed by atoms with van der Waals surface area (Å²) in [6.07, 6.45) is 7.21. The largest absolute Gasteiger partial charge is 0.328 e. The summed E-state index contributed by atoms with van der Waals surface area (Å²) in [6.45, 7) is 0. The number of anilines is 2. The number of aromatic nitrogens is 6. The number of hydrogen-bond donors (Lipinski definition) is 2. The van der Waals surface area contributed by atoms with Crippen LogP contribution >= 0.6 is 0 Å². The minimum absolute atomic E-state index is 0.0318. The zero-order valence-corrected chi connectivity index (χ0v) is 15.8. The maximum Gasteiger partial charge on any atom is 0.316 e. The summed E-state index contributed by atoms with van der Waals surface area (Å²) < 4.78 is 31.9. The predicted molar refractivity (Wildman–Crippen MR) is 103 cm³/mol. The van der Waals surface area contributed by atoms with E-state index in [9.17, 15) is 13.2 Å². The monoisotopic (exact) mass is 424 g/mol. The van der Waals surface area contributed by atoms with Crippen LogP contribution in [0.5, 0.6) is 0 Å². The Morgan fingerprint density at radius 2 is 1.73 bits per heavy atom. The Hall–Kier alpha value is -4.26. The number of carbonyl (C=O) groups excluding carboxylic acids is 1. The summed E-state index contributed by atoms with van der Waals surface area (Å²) in [5.74, 6) is -0.881. The van der Waals surface area contributed by atoms with Crippen LogP contribution in [0.1, 0.15) is 10.7 Å². The minimum atomic E-state index is -3.88. The van der Waals surface area contributed by atoms with Crippen molar-refractivity contribution >= 4 is 27.6 Å². The number of benzene rings is 1. The van der Waals surface area contributed by atoms with Gasteiger partial charge in [-0.05, 0) is 30.3 Å². The van der Waals surface area contributed by atoms with Crippen LogP contribution < -0.4 is 10.0 Å². The first-order valence-corrected chi connectivity index (χ1v) is 9.81. The van der Waals surface area contributed by atoms with Gasteiger partial charge in [-0.2, -0.15) is 4.98 Å². The topological polar surface area (TPSA) is 166 Å². The van der Waals surface area contributed by atoms with Crippen molar-refractivity contribution in [2.75, 3.05) is 10.0 Å². The van der Waals surface area contributed by atoms with E-state index in [1.165, 1.54) is 55.2 Å². The molecule has 0 bridgehead atoms. The number of rotatable bonds is 6. The fraction of sp³-hybridized carbons (Fsp3) is 0.